The molecular weight excluding hydrogens is 250 g/mol. The molecule has 0 spiro atoms. The van der Waals surface area contributed by atoms with E-state index in [9.17, 15) is 9.90 Å². The molecule has 3 nitrogen and oxygen atoms in total. The average Bonchev–Trinajstić information content (AvgIpc) is 2.81. The fourth-order valence-corrected chi connectivity index (χ4v) is 2.57. The van der Waals surface area contributed by atoms with Gasteiger partial charge in [0.15, 0.2) is 0 Å². The van der Waals surface area contributed by atoms with E-state index in [4.69, 9.17) is 0 Å². The van der Waals surface area contributed by atoms with Crippen molar-refractivity contribution in [1.82, 2.24) is 4.57 Å². The molecular formula is C17H15NO2. The smallest absolute Gasteiger partial charge is 0.352 e. The van der Waals surface area contributed by atoms with Crippen LogP contribution in [0.4, 0.5) is 0 Å². The topological polar surface area (TPSA) is 42.2 Å². The van der Waals surface area contributed by atoms with Crippen LogP contribution in [0.15, 0.2) is 54.6 Å². The lowest BCUT2D eigenvalue weighted by molar-refractivity contribution is 0.0685. The number of carbonyl (C=O) groups is 1. The van der Waals surface area contributed by atoms with Gasteiger partial charge >= 0.3 is 5.97 Å². The molecule has 1 N–H and O–H groups in total. The van der Waals surface area contributed by atoms with Crippen LogP contribution < -0.4 is 0 Å². The van der Waals surface area contributed by atoms with Gasteiger partial charge in [-0.15, -0.1) is 0 Å². The minimum Gasteiger partial charge on any atom is -0.477 e. The Morgan fingerprint density at radius 2 is 1.80 bits per heavy atom. The number of carboxylic acids is 1. The number of hydrogen-bond acceptors (Lipinski definition) is 1. The summed E-state index contributed by atoms with van der Waals surface area (Å²) in [4.78, 5) is 11.3. The Kier molecular flexibility index (Phi) is 3.03. The molecule has 20 heavy (non-hydrogen) atoms. The van der Waals surface area contributed by atoms with Crippen molar-refractivity contribution in [3.63, 3.8) is 0 Å². The van der Waals surface area contributed by atoms with Gasteiger partial charge in [0, 0.05) is 12.2 Å². The van der Waals surface area contributed by atoms with Crippen LogP contribution in [-0.4, -0.2) is 15.6 Å². The van der Waals surface area contributed by atoms with Crippen molar-refractivity contribution in [1.29, 1.82) is 0 Å². The second-order valence-corrected chi connectivity index (χ2v) is 4.89. The van der Waals surface area contributed by atoms with Crippen molar-refractivity contribution >= 4 is 16.7 Å². The zero-order valence-corrected chi connectivity index (χ0v) is 11.2. The predicted molar refractivity (Wildman–Crippen MR) is 79.2 cm³/mol. The third-order valence-electron chi connectivity index (χ3n) is 3.63. The van der Waals surface area contributed by atoms with Crippen molar-refractivity contribution in [3.05, 3.63) is 71.5 Å². The van der Waals surface area contributed by atoms with Crippen LogP contribution in [-0.2, 0) is 6.54 Å². The number of hydrogen-bond donors (Lipinski definition) is 1. The lowest BCUT2D eigenvalue weighted by Crippen LogP contribution is -2.11. The van der Waals surface area contributed by atoms with Gasteiger partial charge in [0.25, 0.3) is 0 Å². The summed E-state index contributed by atoms with van der Waals surface area (Å²) in [5, 5.41) is 11.6. The Hall–Kier alpha value is -2.55. The predicted octanol–water partition coefficient (Wildman–Crippen LogP) is 3.70. The number of fused-ring (bicyclic) bond motifs is 1. The maximum Gasteiger partial charge on any atom is 0.352 e. The van der Waals surface area contributed by atoms with Crippen molar-refractivity contribution in [3.8, 4) is 0 Å². The third kappa shape index (κ3) is 2.07. The van der Waals surface area contributed by atoms with Crippen molar-refractivity contribution in [2.24, 2.45) is 0 Å². The highest BCUT2D eigenvalue weighted by Gasteiger charge is 2.12. The lowest BCUT2D eigenvalue weighted by Gasteiger charge is -2.12. The summed E-state index contributed by atoms with van der Waals surface area (Å²) in [6.45, 7) is 2.50. The van der Waals surface area contributed by atoms with Crippen LogP contribution in [0.25, 0.3) is 10.8 Å². The number of aryl methyl sites for hydroxylation is 1. The molecule has 0 atom stereocenters. The number of rotatable bonds is 3. The van der Waals surface area contributed by atoms with Gasteiger partial charge in [0.1, 0.15) is 5.69 Å². The van der Waals surface area contributed by atoms with Gasteiger partial charge in [-0.1, -0.05) is 42.5 Å². The first kappa shape index (κ1) is 12.5. The van der Waals surface area contributed by atoms with Crippen LogP contribution in [0.3, 0.4) is 0 Å². The van der Waals surface area contributed by atoms with Crippen molar-refractivity contribution < 1.29 is 9.90 Å². The number of nitrogens with zero attached hydrogens (tertiary/aromatic N) is 1. The molecule has 0 radical (unpaired) electrons. The second-order valence-electron chi connectivity index (χ2n) is 4.89. The first-order valence-electron chi connectivity index (χ1n) is 6.53. The zero-order chi connectivity index (χ0) is 14.1. The maximum absolute atomic E-state index is 11.3. The summed E-state index contributed by atoms with van der Waals surface area (Å²) in [6.07, 6.45) is 0. The molecule has 0 amide bonds. The fourth-order valence-electron chi connectivity index (χ4n) is 2.57. The van der Waals surface area contributed by atoms with Crippen LogP contribution in [0, 0.1) is 6.92 Å². The molecule has 0 unspecified atom stereocenters. The highest BCUT2D eigenvalue weighted by molar-refractivity contribution is 5.87. The molecule has 0 fully saturated rings. The highest BCUT2D eigenvalue weighted by Crippen LogP contribution is 2.21. The first-order valence-corrected chi connectivity index (χ1v) is 6.53. The number of aromatic carboxylic acids is 1. The van der Waals surface area contributed by atoms with Gasteiger partial charge < -0.3 is 9.67 Å². The summed E-state index contributed by atoms with van der Waals surface area (Å²) in [6, 6.07) is 17.8. The summed E-state index contributed by atoms with van der Waals surface area (Å²) >= 11 is 0. The minimum absolute atomic E-state index is 0.329. The molecule has 0 aliphatic heterocycles. The van der Waals surface area contributed by atoms with Crippen LogP contribution >= 0.6 is 0 Å². The molecule has 0 bridgehead atoms. The molecule has 100 valence electrons. The van der Waals surface area contributed by atoms with E-state index in [2.05, 4.69) is 18.2 Å². The van der Waals surface area contributed by atoms with E-state index in [-0.39, 0.29) is 0 Å². The summed E-state index contributed by atoms with van der Waals surface area (Å²) in [5.74, 6) is -0.890. The number of carboxylic acid groups (broad SMARTS) is 1. The average molecular weight is 265 g/mol. The van der Waals surface area contributed by atoms with Crippen LogP contribution in [0.2, 0.25) is 0 Å². The van der Waals surface area contributed by atoms with Gasteiger partial charge in [-0.3, -0.25) is 0 Å². The monoisotopic (exact) mass is 265 g/mol. The Balaban J connectivity index is 2.10. The van der Waals surface area contributed by atoms with Gasteiger partial charge in [-0.05, 0) is 35.4 Å². The van der Waals surface area contributed by atoms with E-state index in [0.717, 1.165) is 11.3 Å². The molecule has 0 saturated heterocycles. The first-order chi connectivity index (χ1) is 9.66. The van der Waals surface area contributed by atoms with Crippen LogP contribution in [0.1, 0.15) is 21.7 Å². The van der Waals surface area contributed by atoms with Gasteiger partial charge in [0.2, 0.25) is 0 Å². The number of benzene rings is 2. The second kappa shape index (κ2) is 4.85. The summed E-state index contributed by atoms with van der Waals surface area (Å²) < 4.78 is 1.84. The SMILES string of the molecule is Cc1ccc(C(=O)O)n1Cc1cccc2ccccc12. The summed E-state index contributed by atoms with van der Waals surface area (Å²) in [7, 11) is 0. The van der Waals surface area contributed by atoms with Gasteiger partial charge in [0.05, 0.1) is 0 Å². The molecule has 2 aromatic carbocycles. The van der Waals surface area contributed by atoms with E-state index in [1.807, 2.05) is 41.8 Å². The van der Waals surface area contributed by atoms with E-state index >= 15 is 0 Å². The van der Waals surface area contributed by atoms with E-state index < -0.39 is 5.97 Å². The Labute approximate surface area is 117 Å². The summed E-state index contributed by atoms with van der Waals surface area (Å²) in [5.41, 5.74) is 2.41. The lowest BCUT2D eigenvalue weighted by atomic mass is 10.0. The highest BCUT2D eigenvalue weighted by atomic mass is 16.4. The van der Waals surface area contributed by atoms with Crippen molar-refractivity contribution in [2.45, 2.75) is 13.5 Å². The Morgan fingerprint density at radius 3 is 2.60 bits per heavy atom. The molecule has 3 heteroatoms. The quantitative estimate of drug-likeness (QED) is 0.784. The molecule has 0 aliphatic rings. The van der Waals surface area contributed by atoms with E-state index in [1.54, 1.807) is 6.07 Å². The standard InChI is InChI=1S/C17H15NO2/c1-12-9-10-16(17(19)20)18(12)11-14-7-4-6-13-5-2-3-8-15(13)14/h2-10H,11H2,1H3,(H,19,20). The molecule has 1 aromatic heterocycles. The largest absolute Gasteiger partial charge is 0.477 e. The van der Waals surface area contributed by atoms with Gasteiger partial charge in [-0.2, -0.15) is 0 Å². The third-order valence-corrected chi connectivity index (χ3v) is 3.63. The van der Waals surface area contributed by atoms with Crippen molar-refractivity contribution in [2.75, 3.05) is 0 Å². The Morgan fingerprint density at radius 1 is 1.05 bits per heavy atom. The molecule has 0 aliphatic carbocycles. The fraction of sp³-hybridized carbons (Fsp3) is 0.118. The molecule has 3 rings (SSSR count). The van der Waals surface area contributed by atoms with E-state index in [1.165, 1.54) is 10.8 Å². The van der Waals surface area contributed by atoms with Gasteiger partial charge in [-0.25, -0.2) is 4.79 Å². The Bertz CT molecular complexity index is 781. The molecule has 3 aromatic rings. The molecule has 0 saturated carbocycles. The normalized spacial score (nSPS) is 10.8. The molecule has 1 heterocycles. The van der Waals surface area contributed by atoms with E-state index in [0.29, 0.717) is 12.2 Å². The maximum atomic E-state index is 11.3. The minimum atomic E-state index is -0.890. The van der Waals surface area contributed by atoms with Crippen LogP contribution in [0.5, 0.6) is 0 Å². The zero-order valence-electron chi connectivity index (χ0n) is 11.2. The number of aromatic nitrogens is 1.